The van der Waals surface area contributed by atoms with Crippen LogP contribution < -0.4 is 15.5 Å². The molecule has 0 spiro atoms. The number of carbonyl (C=O) groups is 1. The van der Waals surface area contributed by atoms with Gasteiger partial charge >= 0.3 is 0 Å². The molecule has 110 valence electrons. The Morgan fingerprint density at radius 2 is 2.29 bits per heavy atom. The Hall–Kier alpha value is -2.14. The number of carbonyl (C=O) groups excluding carboxylic acids is 1. The van der Waals surface area contributed by atoms with Crippen molar-refractivity contribution in [2.45, 2.75) is 13.0 Å². The maximum Gasteiger partial charge on any atom is 0.244 e. The van der Waals surface area contributed by atoms with Crippen molar-refractivity contribution in [3.8, 4) is 0 Å². The number of piperazine rings is 1. The van der Waals surface area contributed by atoms with Gasteiger partial charge in [-0.05, 0) is 19.1 Å². The predicted octanol–water partition coefficient (Wildman–Crippen LogP) is 1.15. The summed E-state index contributed by atoms with van der Waals surface area (Å²) >= 11 is 0. The first kappa shape index (κ1) is 13.8. The average Bonchev–Trinajstić information content (AvgIpc) is 2.54. The van der Waals surface area contributed by atoms with Crippen molar-refractivity contribution >= 4 is 22.5 Å². The van der Waals surface area contributed by atoms with Gasteiger partial charge in [0.25, 0.3) is 0 Å². The highest BCUT2D eigenvalue weighted by molar-refractivity contribution is 5.94. The van der Waals surface area contributed by atoms with Crippen LogP contribution in [0.4, 0.5) is 5.69 Å². The SMILES string of the molecule is CCNC(=O)C1CNCCN1c1ccnc2ccccc12. The van der Waals surface area contributed by atoms with Gasteiger partial charge in [0, 0.05) is 43.4 Å². The first-order chi connectivity index (χ1) is 10.3. The molecule has 1 saturated heterocycles. The van der Waals surface area contributed by atoms with E-state index in [0.29, 0.717) is 13.1 Å². The Morgan fingerprint density at radius 1 is 1.43 bits per heavy atom. The van der Waals surface area contributed by atoms with Crippen LogP contribution in [-0.4, -0.2) is 43.1 Å². The molecule has 3 rings (SSSR count). The zero-order valence-corrected chi connectivity index (χ0v) is 12.2. The minimum Gasteiger partial charge on any atom is -0.357 e. The lowest BCUT2D eigenvalue weighted by molar-refractivity contribution is -0.122. The quantitative estimate of drug-likeness (QED) is 0.888. The van der Waals surface area contributed by atoms with E-state index in [1.54, 1.807) is 0 Å². The van der Waals surface area contributed by atoms with Gasteiger partial charge in [0.15, 0.2) is 0 Å². The van der Waals surface area contributed by atoms with Crippen LogP contribution in [0.3, 0.4) is 0 Å². The summed E-state index contributed by atoms with van der Waals surface area (Å²) in [5.41, 5.74) is 2.04. The van der Waals surface area contributed by atoms with Crippen LogP contribution in [0.2, 0.25) is 0 Å². The molecule has 2 N–H and O–H groups in total. The van der Waals surface area contributed by atoms with Crippen LogP contribution in [0.5, 0.6) is 0 Å². The first-order valence-corrected chi connectivity index (χ1v) is 7.40. The second-order valence-corrected chi connectivity index (χ2v) is 5.16. The van der Waals surface area contributed by atoms with Crippen molar-refractivity contribution in [1.82, 2.24) is 15.6 Å². The molecule has 1 atom stereocenters. The van der Waals surface area contributed by atoms with Gasteiger partial charge in [-0.15, -0.1) is 0 Å². The molecular weight excluding hydrogens is 264 g/mol. The topological polar surface area (TPSA) is 57.3 Å². The van der Waals surface area contributed by atoms with E-state index >= 15 is 0 Å². The number of anilines is 1. The van der Waals surface area contributed by atoms with E-state index in [1.165, 1.54) is 0 Å². The number of likely N-dealkylation sites (N-methyl/N-ethyl adjacent to an activating group) is 1. The van der Waals surface area contributed by atoms with E-state index in [0.717, 1.165) is 29.7 Å². The Kier molecular flexibility index (Phi) is 4.01. The Labute approximate surface area is 124 Å². The van der Waals surface area contributed by atoms with Crippen molar-refractivity contribution in [1.29, 1.82) is 0 Å². The molecule has 1 aliphatic heterocycles. The molecule has 5 heteroatoms. The lowest BCUT2D eigenvalue weighted by atomic mass is 10.1. The summed E-state index contributed by atoms with van der Waals surface area (Å²) in [5.74, 6) is 0.0746. The van der Waals surface area contributed by atoms with Gasteiger partial charge in [0.1, 0.15) is 6.04 Å². The summed E-state index contributed by atoms with van der Waals surface area (Å²) in [6.07, 6.45) is 1.81. The van der Waals surface area contributed by atoms with Crippen LogP contribution in [0.1, 0.15) is 6.92 Å². The molecule has 1 unspecified atom stereocenters. The van der Waals surface area contributed by atoms with Gasteiger partial charge in [0.05, 0.1) is 5.52 Å². The third-order valence-electron chi connectivity index (χ3n) is 3.83. The smallest absolute Gasteiger partial charge is 0.244 e. The number of para-hydroxylation sites is 1. The third kappa shape index (κ3) is 2.69. The minimum atomic E-state index is -0.176. The molecule has 0 saturated carbocycles. The fourth-order valence-electron chi connectivity index (χ4n) is 2.85. The maximum atomic E-state index is 12.3. The lowest BCUT2D eigenvalue weighted by Crippen LogP contribution is -2.58. The van der Waals surface area contributed by atoms with Gasteiger partial charge in [-0.1, -0.05) is 18.2 Å². The second-order valence-electron chi connectivity index (χ2n) is 5.16. The van der Waals surface area contributed by atoms with Gasteiger partial charge in [-0.25, -0.2) is 0 Å². The van der Waals surface area contributed by atoms with Crippen LogP contribution in [0.25, 0.3) is 10.9 Å². The number of fused-ring (bicyclic) bond motifs is 1. The van der Waals surface area contributed by atoms with E-state index in [4.69, 9.17) is 0 Å². The maximum absolute atomic E-state index is 12.3. The molecule has 2 aromatic rings. The van der Waals surface area contributed by atoms with Gasteiger partial charge in [-0.3, -0.25) is 9.78 Å². The molecule has 5 nitrogen and oxygen atoms in total. The molecule has 1 aliphatic rings. The van der Waals surface area contributed by atoms with Gasteiger partial charge < -0.3 is 15.5 Å². The molecule has 0 bridgehead atoms. The number of rotatable bonds is 3. The molecule has 1 amide bonds. The highest BCUT2D eigenvalue weighted by Gasteiger charge is 2.29. The lowest BCUT2D eigenvalue weighted by Gasteiger charge is -2.37. The van der Waals surface area contributed by atoms with Crippen LogP contribution in [0, 0.1) is 0 Å². The molecule has 1 fully saturated rings. The number of hydrogen-bond acceptors (Lipinski definition) is 4. The summed E-state index contributed by atoms with van der Waals surface area (Å²) in [4.78, 5) is 18.9. The fraction of sp³-hybridized carbons (Fsp3) is 0.375. The average molecular weight is 284 g/mol. The molecule has 2 heterocycles. The second kappa shape index (κ2) is 6.10. The number of benzene rings is 1. The standard InChI is InChI=1S/C16H20N4O/c1-2-18-16(21)15-11-17-9-10-20(15)14-7-8-19-13-6-4-3-5-12(13)14/h3-8,15,17H,2,9-11H2,1H3,(H,18,21). The van der Waals surface area contributed by atoms with Gasteiger partial charge in [0.2, 0.25) is 5.91 Å². The summed E-state index contributed by atoms with van der Waals surface area (Å²) in [6, 6.07) is 9.88. The van der Waals surface area contributed by atoms with Crippen LogP contribution in [0.15, 0.2) is 36.5 Å². The van der Waals surface area contributed by atoms with E-state index < -0.39 is 0 Å². The molecule has 1 aromatic carbocycles. The summed E-state index contributed by atoms with van der Waals surface area (Å²) in [7, 11) is 0. The predicted molar refractivity (Wildman–Crippen MR) is 84.4 cm³/mol. The molecule has 0 radical (unpaired) electrons. The van der Waals surface area contributed by atoms with Crippen molar-refractivity contribution < 1.29 is 4.79 Å². The summed E-state index contributed by atoms with van der Waals surface area (Å²) in [6.45, 7) is 4.96. The summed E-state index contributed by atoms with van der Waals surface area (Å²) < 4.78 is 0. The summed E-state index contributed by atoms with van der Waals surface area (Å²) in [5, 5.41) is 7.32. The molecular formula is C16H20N4O. The highest BCUT2D eigenvalue weighted by atomic mass is 16.2. The van der Waals surface area contributed by atoms with Crippen LogP contribution >= 0.6 is 0 Å². The van der Waals surface area contributed by atoms with E-state index in [1.807, 2.05) is 37.4 Å². The molecule has 0 aliphatic carbocycles. The van der Waals surface area contributed by atoms with Crippen molar-refractivity contribution in [2.75, 3.05) is 31.1 Å². The van der Waals surface area contributed by atoms with Crippen molar-refractivity contribution in [3.05, 3.63) is 36.5 Å². The Balaban J connectivity index is 2.00. The molecule has 1 aromatic heterocycles. The third-order valence-corrected chi connectivity index (χ3v) is 3.83. The van der Waals surface area contributed by atoms with Gasteiger partial charge in [-0.2, -0.15) is 0 Å². The highest BCUT2D eigenvalue weighted by Crippen LogP contribution is 2.27. The van der Waals surface area contributed by atoms with E-state index in [2.05, 4.69) is 26.6 Å². The fourth-order valence-corrected chi connectivity index (χ4v) is 2.85. The number of nitrogens with zero attached hydrogens (tertiary/aromatic N) is 2. The van der Waals surface area contributed by atoms with E-state index in [9.17, 15) is 4.79 Å². The zero-order valence-electron chi connectivity index (χ0n) is 12.2. The zero-order chi connectivity index (χ0) is 14.7. The number of hydrogen-bond donors (Lipinski definition) is 2. The number of aromatic nitrogens is 1. The monoisotopic (exact) mass is 284 g/mol. The number of pyridine rings is 1. The largest absolute Gasteiger partial charge is 0.357 e. The Morgan fingerprint density at radius 3 is 3.14 bits per heavy atom. The van der Waals surface area contributed by atoms with E-state index in [-0.39, 0.29) is 11.9 Å². The van der Waals surface area contributed by atoms with Crippen molar-refractivity contribution in [3.63, 3.8) is 0 Å². The minimum absolute atomic E-state index is 0.0746. The number of amides is 1. The number of nitrogens with one attached hydrogen (secondary N) is 2. The first-order valence-electron chi connectivity index (χ1n) is 7.40. The Bertz CT molecular complexity index is 638. The van der Waals surface area contributed by atoms with Crippen molar-refractivity contribution in [2.24, 2.45) is 0 Å². The normalized spacial score (nSPS) is 18.7. The van der Waals surface area contributed by atoms with Crippen LogP contribution in [-0.2, 0) is 4.79 Å². The molecule has 21 heavy (non-hydrogen) atoms.